The van der Waals surface area contributed by atoms with Gasteiger partial charge >= 0.3 is 5.97 Å². The monoisotopic (exact) mass is 506 g/mol. The molecule has 1 aromatic rings. The smallest absolute Gasteiger partial charge is 0.352 e. The molecule has 2 aliphatic heterocycles. The molecular formula is C19H18N6O5S3. The summed E-state index contributed by atoms with van der Waals surface area (Å²) in [5, 5.41) is 27.4. The molecule has 2 amide bonds. The Morgan fingerprint density at radius 1 is 1.58 bits per heavy atom. The average molecular weight is 507 g/mol. The highest BCUT2D eigenvalue weighted by molar-refractivity contribution is 8.02. The first-order chi connectivity index (χ1) is 15.9. The number of fused-ring (bicyclic) bond motifs is 1. The van der Waals surface area contributed by atoms with Gasteiger partial charge in [-0.3, -0.25) is 14.5 Å². The van der Waals surface area contributed by atoms with Crippen LogP contribution in [0.2, 0.25) is 0 Å². The normalized spacial score (nSPS) is 20.2. The molecule has 0 aliphatic carbocycles. The predicted octanol–water partition coefficient (Wildman–Crippen LogP) is 1.14. The number of hydrogen-bond donors (Lipinski definition) is 3. The van der Waals surface area contributed by atoms with Crippen LogP contribution in [0.25, 0.3) is 0 Å². The lowest BCUT2D eigenvalue weighted by Gasteiger charge is -2.49. The van der Waals surface area contributed by atoms with Crippen LogP contribution in [-0.4, -0.2) is 68.0 Å². The molecule has 14 heteroatoms. The zero-order chi connectivity index (χ0) is 24.0. The highest BCUT2D eigenvalue weighted by Gasteiger charge is 2.54. The van der Waals surface area contributed by atoms with Crippen molar-refractivity contribution in [3.63, 3.8) is 0 Å². The number of allylic oxidation sites excluding steroid dienone is 1. The SMILES string of the molecule is C=CCON=C(C(=O)NC1C(=O)N2C(C(=O)O)=C(CS/C=C\C#N)CS[C@@H]12)c1csc(N)n1. The van der Waals surface area contributed by atoms with Crippen LogP contribution in [0.1, 0.15) is 5.69 Å². The number of carboxylic acids is 1. The second-order valence-corrected chi connectivity index (χ2v) is 9.35. The maximum atomic E-state index is 12.9. The van der Waals surface area contributed by atoms with Crippen molar-refractivity contribution in [2.45, 2.75) is 11.4 Å². The van der Waals surface area contributed by atoms with Crippen molar-refractivity contribution in [2.75, 3.05) is 23.8 Å². The molecule has 0 radical (unpaired) electrons. The molecule has 172 valence electrons. The minimum atomic E-state index is -1.23. The van der Waals surface area contributed by atoms with E-state index >= 15 is 0 Å². The summed E-state index contributed by atoms with van der Waals surface area (Å²) in [5.41, 5.74) is 6.14. The van der Waals surface area contributed by atoms with Crippen LogP contribution in [0, 0.1) is 11.3 Å². The molecule has 11 nitrogen and oxygen atoms in total. The third-order valence-electron chi connectivity index (χ3n) is 4.36. The van der Waals surface area contributed by atoms with Crippen molar-refractivity contribution in [1.82, 2.24) is 15.2 Å². The summed E-state index contributed by atoms with van der Waals surface area (Å²) in [7, 11) is 0. The summed E-state index contributed by atoms with van der Waals surface area (Å²) in [5.74, 6) is -1.79. The maximum Gasteiger partial charge on any atom is 0.352 e. The minimum absolute atomic E-state index is 0.0577. The van der Waals surface area contributed by atoms with Crippen LogP contribution >= 0.6 is 34.9 Å². The van der Waals surface area contributed by atoms with Crippen molar-refractivity contribution in [3.8, 4) is 6.07 Å². The van der Waals surface area contributed by atoms with Gasteiger partial charge in [0.15, 0.2) is 10.8 Å². The molecule has 4 N–H and O–H groups in total. The molecule has 2 aliphatic rings. The Morgan fingerprint density at radius 3 is 3.00 bits per heavy atom. The number of aliphatic carboxylic acids is 1. The fourth-order valence-electron chi connectivity index (χ4n) is 2.99. The van der Waals surface area contributed by atoms with Gasteiger partial charge in [0, 0.05) is 23.0 Å². The fourth-order valence-corrected chi connectivity index (χ4v) is 5.70. The summed E-state index contributed by atoms with van der Waals surface area (Å²) in [6.45, 7) is 3.56. The van der Waals surface area contributed by atoms with Crippen LogP contribution in [0.4, 0.5) is 5.13 Å². The number of nitrogens with zero attached hydrogens (tertiary/aromatic N) is 4. The van der Waals surface area contributed by atoms with Gasteiger partial charge in [-0.15, -0.1) is 34.9 Å². The van der Waals surface area contributed by atoms with Crippen molar-refractivity contribution < 1.29 is 24.3 Å². The molecule has 33 heavy (non-hydrogen) atoms. The van der Waals surface area contributed by atoms with E-state index in [1.807, 2.05) is 6.07 Å². The van der Waals surface area contributed by atoms with Gasteiger partial charge in [-0.05, 0) is 11.0 Å². The van der Waals surface area contributed by atoms with E-state index < -0.39 is 29.2 Å². The Morgan fingerprint density at radius 2 is 2.36 bits per heavy atom. The Kier molecular flexibility index (Phi) is 8.15. The molecule has 3 rings (SSSR count). The summed E-state index contributed by atoms with van der Waals surface area (Å²) >= 11 is 3.72. The number of nitrogens with two attached hydrogens (primary N) is 1. The number of thiazole rings is 1. The number of amides is 2. The van der Waals surface area contributed by atoms with E-state index in [-0.39, 0.29) is 28.8 Å². The van der Waals surface area contributed by atoms with Crippen molar-refractivity contribution in [3.05, 3.63) is 46.5 Å². The summed E-state index contributed by atoms with van der Waals surface area (Å²) in [4.78, 5) is 47.8. The topological polar surface area (TPSA) is 171 Å². The van der Waals surface area contributed by atoms with Crippen LogP contribution in [0.5, 0.6) is 0 Å². The van der Waals surface area contributed by atoms with Gasteiger partial charge < -0.3 is 21.0 Å². The maximum absolute atomic E-state index is 12.9. The Bertz CT molecular complexity index is 1110. The van der Waals surface area contributed by atoms with Gasteiger partial charge in [-0.25, -0.2) is 9.78 Å². The summed E-state index contributed by atoms with van der Waals surface area (Å²) < 4.78 is 0. The largest absolute Gasteiger partial charge is 0.477 e. The van der Waals surface area contributed by atoms with E-state index in [9.17, 15) is 19.5 Å². The molecule has 1 aromatic heterocycles. The molecular weight excluding hydrogens is 488 g/mol. The van der Waals surface area contributed by atoms with Crippen LogP contribution in [0.15, 0.2) is 45.9 Å². The number of aromatic nitrogens is 1. The Balaban J connectivity index is 1.76. The number of rotatable bonds is 10. The van der Waals surface area contributed by atoms with Crippen LogP contribution in [-0.2, 0) is 19.2 Å². The van der Waals surface area contributed by atoms with Crippen molar-refractivity contribution in [2.24, 2.45) is 5.16 Å². The van der Waals surface area contributed by atoms with E-state index in [0.717, 1.165) is 11.3 Å². The Labute approximate surface area is 201 Å². The van der Waals surface area contributed by atoms with Gasteiger partial charge in [-0.2, -0.15) is 5.26 Å². The van der Waals surface area contributed by atoms with Crippen molar-refractivity contribution >= 4 is 63.5 Å². The lowest BCUT2D eigenvalue weighted by molar-refractivity contribution is -0.150. The molecule has 3 heterocycles. The van der Waals surface area contributed by atoms with Gasteiger partial charge in [0.25, 0.3) is 11.8 Å². The first-order valence-corrected chi connectivity index (χ1v) is 12.3. The highest BCUT2D eigenvalue weighted by Crippen LogP contribution is 2.41. The summed E-state index contributed by atoms with van der Waals surface area (Å²) in [6, 6.07) is 0.918. The standard InChI is InChI=1S/C19H18N6O5S3/c1-2-5-30-24-12(11-9-33-19(21)22-11)15(26)23-13-16(27)25-14(18(28)29)10(8-32-17(13)25)7-31-6-3-4-20/h2-3,6,9,13,17H,1,5,7-8H2,(H2,21,22)(H,23,26)(H,28,29)/b6-3-,24-12?/t13?,17-/m0/s1. The molecule has 0 aromatic carbocycles. The quantitative estimate of drug-likeness (QED) is 0.104. The number of nitrogen functional groups attached to an aromatic ring is 1. The third-order valence-corrected chi connectivity index (χ3v) is 7.22. The number of carboxylic acid groups (broad SMARTS) is 1. The second kappa shape index (κ2) is 11.0. The summed E-state index contributed by atoms with van der Waals surface area (Å²) in [6.07, 6.45) is 2.74. The first kappa shape index (κ1) is 24.4. The number of nitriles is 1. The number of nitrogens with one attached hydrogen (secondary N) is 1. The fraction of sp³-hybridized carbons (Fsp3) is 0.263. The lowest BCUT2D eigenvalue weighted by Crippen LogP contribution is -2.71. The zero-order valence-electron chi connectivity index (χ0n) is 17.0. The molecule has 1 saturated heterocycles. The minimum Gasteiger partial charge on any atom is -0.477 e. The number of thioether (sulfide) groups is 2. The molecule has 2 atom stereocenters. The number of carbonyl (C=O) groups is 3. The van der Waals surface area contributed by atoms with Gasteiger partial charge in [0.2, 0.25) is 0 Å². The lowest BCUT2D eigenvalue weighted by atomic mass is 10.0. The molecule has 0 spiro atoms. The van der Waals surface area contributed by atoms with E-state index in [0.29, 0.717) is 17.1 Å². The van der Waals surface area contributed by atoms with E-state index in [1.165, 1.54) is 46.0 Å². The van der Waals surface area contributed by atoms with Crippen LogP contribution < -0.4 is 11.1 Å². The second-order valence-electron chi connectivity index (χ2n) is 6.46. The van der Waals surface area contributed by atoms with Crippen molar-refractivity contribution in [1.29, 1.82) is 5.26 Å². The number of anilines is 1. The zero-order valence-corrected chi connectivity index (χ0v) is 19.4. The highest BCUT2D eigenvalue weighted by atomic mass is 32.2. The van der Waals surface area contributed by atoms with Gasteiger partial charge in [0.1, 0.15) is 29.4 Å². The number of β-lactam (4-membered cyclic amide) rings is 1. The molecule has 1 unspecified atom stereocenters. The molecule has 0 saturated carbocycles. The Hall–Kier alpha value is -3.28. The molecule has 0 bridgehead atoms. The van der Waals surface area contributed by atoms with E-state index in [2.05, 4.69) is 22.0 Å². The van der Waals surface area contributed by atoms with Gasteiger partial charge in [-0.1, -0.05) is 17.8 Å². The van der Waals surface area contributed by atoms with Gasteiger partial charge in [0.05, 0.1) is 6.07 Å². The first-order valence-electron chi connectivity index (χ1n) is 9.28. The predicted molar refractivity (Wildman–Crippen MR) is 126 cm³/mol. The van der Waals surface area contributed by atoms with E-state index in [4.69, 9.17) is 15.8 Å². The number of hydrogen-bond acceptors (Lipinski definition) is 11. The van der Waals surface area contributed by atoms with E-state index in [1.54, 1.807) is 5.41 Å². The number of oxime groups is 1. The van der Waals surface area contributed by atoms with Crippen LogP contribution in [0.3, 0.4) is 0 Å². The molecule has 1 fully saturated rings. The number of carbonyl (C=O) groups excluding carboxylic acids is 2. The average Bonchev–Trinajstić information content (AvgIpc) is 3.22. The third kappa shape index (κ3) is 5.38.